The van der Waals surface area contributed by atoms with Crippen LogP contribution in [0.5, 0.6) is 17.4 Å². The smallest absolute Gasteiger partial charge is 0.271 e. The highest BCUT2D eigenvalue weighted by Gasteiger charge is 2.21. The average Bonchev–Trinajstić information content (AvgIpc) is 2.81. The van der Waals surface area contributed by atoms with Crippen molar-refractivity contribution >= 4 is 18.4 Å². The zero-order valence-electron chi connectivity index (χ0n) is 19.2. The van der Waals surface area contributed by atoms with Gasteiger partial charge >= 0.3 is 0 Å². The number of aromatic hydroxyl groups is 1. The van der Waals surface area contributed by atoms with Crippen LogP contribution < -0.4 is 15.0 Å². The van der Waals surface area contributed by atoms with Crippen molar-refractivity contribution in [1.29, 1.82) is 0 Å². The molecule has 0 aliphatic heterocycles. The van der Waals surface area contributed by atoms with E-state index < -0.39 is 5.56 Å². The van der Waals surface area contributed by atoms with Crippen LogP contribution in [-0.2, 0) is 0 Å². The lowest BCUT2D eigenvalue weighted by Gasteiger charge is -2.19. The minimum absolute atomic E-state index is 0.0188. The van der Waals surface area contributed by atoms with Gasteiger partial charge in [-0.15, -0.1) is 0 Å². The van der Waals surface area contributed by atoms with Crippen molar-refractivity contribution in [3.63, 3.8) is 0 Å². The van der Waals surface area contributed by atoms with Crippen molar-refractivity contribution in [2.45, 2.75) is 6.42 Å². The van der Waals surface area contributed by atoms with Gasteiger partial charge in [-0.1, -0.05) is 24.3 Å². The first-order valence-electron chi connectivity index (χ1n) is 10.4. The van der Waals surface area contributed by atoms with E-state index in [1.54, 1.807) is 42.5 Å². The monoisotopic (exact) mass is 468 g/mol. The van der Waals surface area contributed by atoms with Crippen molar-refractivity contribution in [3.8, 4) is 28.8 Å². The molecule has 3 rings (SSSR count). The second kappa shape index (κ2) is 10.9. The van der Waals surface area contributed by atoms with Crippen molar-refractivity contribution in [1.82, 2.24) is 14.0 Å². The first-order chi connectivity index (χ1) is 15.9. The predicted molar refractivity (Wildman–Crippen MR) is 133 cm³/mol. The van der Waals surface area contributed by atoms with Gasteiger partial charge in [0.05, 0.1) is 25.6 Å². The van der Waals surface area contributed by atoms with Gasteiger partial charge in [-0.2, -0.15) is 0 Å². The van der Waals surface area contributed by atoms with Crippen LogP contribution in [0.25, 0.3) is 11.4 Å². The molecule has 0 aliphatic carbocycles. The molecule has 174 valence electrons. The Morgan fingerprint density at radius 1 is 1.00 bits per heavy atom. The van der Waals surface area contributed by atoms with Gasteiger partial charge < -0.3 is 19.5 Å². The third-order valence-corrected chi connectivity index (χ3v) is 5.40. The molecule has 33 heavy (non-hydrogen) atoms. The predicted octanol–water partition coefficient (Wildman–Crippen LogP) is 3.45. The summed E-state index contributed by atoms with van der Waals surface area (Å²) >= 11 is 5.69. The van der Waals surface area contributed by atoms with E-state index in [0.717, 1.165) is 13.0 Å². The molecule has 1 N–H and O–H groups in total. The molecule has 0 amide bonds. The number of aliphatic imine (C=N–C) groups is 1. The maximum atomic E-state index is 13.5. The molecule has 1 aromatic heterocycles. The molecule has 0 saturated heterocycles. The second-order valence-corrected chi connectivity index (χ2v) is 7.90. The van der Waals surface area contributed by atoms with Crippen LogP contribution in [0.15, 0.2) is 58.3 Å². The average molecular weight is 469 g/mol. The number of para-hydroxylation sites is 4. The van der Waals surface area contributed by atoms with Gasteiger partial charge in [0.15, 0.2) is 4.77 Å². The lowest BCUT2D eigenvalue weighted by molar-refractivity contribution is 0.399. The fourth-order valence-electron chi connectivity index (χ4n) is 3.42. The molecule has 0 radical (unpaired) electrons. The Bertz CT molecular complexity index is 1260. The quantitative estimate of drug-likeness (QED) is 0.294. The highest BCUT2D eigenvalue weighted by molar-refractivity contribution is 7.71. The molecule has 0 aliphatic rings. The van der Waals surface area contributed by atoms with Gasteiger partial charge in [0.25, 0.3) is 5.56 Å². The fourth-order valence-corrected chi connectivity index (χ4v) is 3.79. The molecule has 0 fully saturated rings. The highest BCUT2D eigenvalue weighted by Crippen LogP contribution is 2.29. The largest absolute Gasteiger partial charge is 0.495 e. The molecule has 0 spiro atoms. The normalized spacial score (nSPS) is 11.3. The van der Waals surface area contributed by atoms with Gasteiger partial charge in [0, 0.05) is 12.8 Å². The Morgan fingerprint density at radius 3 is 2.09 bits per heavy atom. The van der Waals surface area contributed by atoms with Gasteiger partial charge in [-0.3, -0.25) is 14.4 Å². The van der Waals surface area contributed by atoms with Crippen LogP contribution in [0.4, 0.5) is 0 Å². The number of aromatic nitrogens is 2. The van der Waals surface area contributed by atoms with Crippen LogP contribution >= 0.6 is 12.2 Å². The third kappa shape index (κ3) is 5.15. The molecule has 0 bridgehead atoms. The van der Waals surface area contributed by atoms with Crippen LogP contribution in [0.3, 0.4) is 0 Å². The number of methoxy groups -OCH3 is 2. The zero-order valence-corrected chi connectivity index (χ0v) is 20.0. The van der Waals surface area contributed by atoms with E-state index >= 15 is 0 Å². The van der Waals surface area contributed by atoms with Crippen molar-refractivity contribution in [2.75, 3.05) is 41.4 Å². The number of nitrogens with zero attached hydrogens (tertiary/aromatic N) is 4. The van der Waals surface area contributed by atoms with Crippen LogP contribution in [0.2, 0.25) is 0 Å². The van der Waals surface area contributed by atoms with E-state index in [2.05, 4.69) is 9.89 Å². The zero-order chi connectivity index (χ0) is 24.0. The Morgan fingerprint density at radius 2 is 1.55 bits per heavy atom. The minimum atomic E-state index is -0.496. The lowest BCUT2D eigenvalue weighted by atomic mass is 10.2. The summed E-state index contributed by atoms with van der Waals surface area (Å²) in [6, 6.07) is 14.2. The molecule has 8 nitrogen and oxygen atoms in total. The summed E-state index contributed by atoms with van der Waals surface area (Å²) in [5.41, 5.74) is 0.476. The van der Waals surface area contributed by atoms with E-state index in [1.807, 2.05) is 20.2 Å². The standard InChI is InChI=1S/C24H28N4O4S/c1-26(2)15-9-14-25-16-17-22(29)27(18-10-5-7-12-20(18)31-3)24(33)28(23(17)30)19-11-6-8-13-21(19)32-4/h5-8,10-13,16,29H,9,14-15H2,1-4H3. The summed E-state index contributed by atoms with van der Waals surface area (Å²) in [7, 11) is 7.03. The maximum absolute atomic E-state index is 13.5. The van der Waals surface area contributed by atoms with Crippen molar-refractivity contribution in [2.24, 2.45) is 4.99 Å². The van der Waals surface area contributed by atoms with E-state index in [1.165, 1.54) is 29.6 Å². The topological polar surface area (TPSA) is 81.2 Å². The minimum Gasteiger partial charge on any atom is -0.495 e. The van der Waals surface area contributed by atoms with Gasteiger partial charge in [-0.25, -0.2) is 4.57 Å². The molecule has 0 unspecified atom stereocenters. The molecular weight excluding hydrogens is 440 g/mol. The SMILES string of the molecule is COc1ccccc1-n1c(O)c(C=NCCCN(C)C)c(=O)n(-c2ccccc2OC)c1=S. The van der Waals surface area contributed by atoms with Crippen LogP contribution in [-0.4, -0.2) is 66.8 Å². The van der Waals surface area contributed by atoms with Crippen molar-refractivity contribution in [3.05, 3.63) is 69.2 Å². The van der Waals surface area contributed by atoms with E-state index in [0.29, 0.717) is 29.4 Å². The van der Waals surface area contributed by atoms with Gasteiger partial charge in [0.2, 0.25) is 5.88 Å². The van der Waals surface area contributed by atoms with Crippen LogP contribution in [0, 0.1) is 4.77 Å². The number of rotatable bonds is 9. The van der Waals surface area contributed by atoms with Gasteiger partial charge in [-0.05, 0) is 63.5 Å². The molecule has 0 atom stereocenters. The van der Waals surface area contributed by atoms with E-state index in [-0.39, 0.29) is 16.2 Å². The number of hydrogen-bond donors (Lipinski definition) is 1. The molecule has 0 saturated carbocycles. The van der Waals surface area contributed by atoms with Crippen LogP contribution in [0.1, 0.15) is 12.0 Å². The summed E-state index contributed by atoms with van der Waals surface area (Å²) in [6.45, 7) is 1.37. The fraction of sp³-hybridized carbons (Fsp3) is 0.292. The van der Waals surface area contributed by atoms with E-state index in [9.17, 15) is 9.90 Å². The Balaban J connectivity index is 2.29. The second-order valence-electron chi connectivity index (χ2n) is 7.53. The molecule has 3 aromatic rings. The van der Waals surface area contributed by atoms with E-state index in [4.69, 9.17) is 21.7 Å². The summed E-state index contributed by atoms with van der Waals surface area (Å²) < 4.78 is 13.7. The summed E-state index contributed by atoms with van der Waals surface area (Å²) in [6.07, 6.45) is 2.22. The van der Waals surface area contributed by atoms with Gasteiger partial charge in [0.1, 0.15) is 17.1 Å². The summed E-state index contributed by atoms with van der Waals surface area (Å²) in [5.74, 6) is 0.650. The number of hydrogen-bond acceptors (Lipinski definition) is 7. The first kappa shape index (κ1) is 24.2. The maximum Gasteiger partial charge on any atom is 0.271 e. The summed E-state index contributed by atoms with van der Waals surface area (Å²) in [5, 5.41) is 11.2. The summed E-state index contributed by atoms with van der Waals surface area (Å²) in [4.78, 5) is 20.0. The number of benzene rings is 2. The highest BCUT2D eigenvalue weighted by atomic mass is 32.1. The Hall–Kier alpha value is -3.43. The molecular formula is C24H28N4O4S. The van der Waals surface area contributed by atoms with Crippen molar-refractivity contribution < 1.29 is 14.6 Å². The molecule has 1 heterocycles. The molecule has 2 aromatic carbocycles. The first-order valence-corrected chi connectivity index (χ1v) is 10.8. The number of ether oxygens (including phenoxy) is 2. The molecule has 9 heteroatoms. The Labute approximate surface area is 198 Å². The third-order valence-electron chi connectivity index (χ3n) is 5.03. The lowest BCUT2D eigenvalue weighted by Crippen LogP contribution is -2.27. The Kier molecular flexibility index (Phi) is 8.02.